The van der Waals surface area contributed by atoms with Crippen molar-refractivity contribution in [1.29, 1.82) is 0 Å². The van der Waals surface area contributed by atoms with Gasteiger partial charge in [-0.15, -0.1) is 0 Å². The fourth-order valence-corrected chi connectivity index (χ4v) is 3.48. The molecule has 3 aromatic rings. The summed E-state index contributed by atoms with van der Waals surface area (Å²) in [6, 6.07) is 19.6. The van der Waals surface area contributed by atoms with Crippen molar-refractivity contribution >= 4 is 17.5 Å². The van der Waals surface area contributed by atoms with Gasteiger partial charge in [-0.05, 0) is 49.2 Å². The highest BCUT2D eigenvalue weighted by Gasteiger charge is 2.17. The summed E-state index contributed by atoms with van der Waals surface area (Å²) in [5, 5.41) is 0.750. The number of hydrogen-bond donors (Lipinski definition) is 0. The summed E-state index contributed by atoms with van der Waals surface area (Å²) >= 11 is 6.34. The highest BCUT2D eigenvalue weighted by molar-refractivity contribution is 6.31. The van der Waals surface area contributed by atoms with Crippen LogP contribution in [0.1, 0.15) is 33.6 Å². The molecule has 29 heavy (non-hydrogen) atoms. The monoisotopic (exact) mass is 410 g/mol. The van der Waals surface area contributed by atoms with Crippen LogP contribution >= 0.6 is 11.6 Å². The second-order valence-corrected chi connectivity index (χ2v) is 7.57. The average Bonchev–Trinajstić information content (AvgIpc) is 3.16. The van der Waals surface area contributed by atoms with Crippen LogP contribution in [-0.2, 0) is 17.8 Å². The van der Waals surface area contributed by atoms with Gasteiger partial charge in [0.1, 0.15) is 0 Å². The molecule has 5 heteroatoms. The van der Waals surface area contributed by atoms with Gasteiger partial charge in [-0.3, -0.25) is 4.79 Å². The highest BCUT2D eigenvalue weighted by Crippen LogP contribution is 2.19. The molecule has 152 valence electrons. The number of ether oxygens (including phenoxy) is 1. The molecule has 0 saturated carbocycles. The standard InChI is InChI=1S/C24H27ClN2O2/c1-19-10-12-20(13-11-19)24(28)27(15-6-16-29-2)18-22-8-5-14-26(22)17-21-7-3-4-9-23(21)25/h3-5,7-14H,6,15-18H2,1-2H3. The number of carbonyl (C=O) groups is 1. The molecular weight excluding hydrogens is 384 g/mol. The van der Waals surface area contributed by atoms with E-state index in [1.807, 2.05) is 72.6 Å². The van der Waals surface area contributed by atoms with Crippen LogP contribution in [0.25, 0.3) is 0 Å². The second kappa shape index (κ2) is 10.3. The van der Waals surface area contributed by atoms with E-state index in [1.54, 1.807) is 7.11 Å². The first-order valence-corrected chi connectivity index (χ1v) is 10.2. The lowest BCUT2D eigenvalue weighted by molar-refractivity contribution is 0.0720. The third-order valence-corrected chi connectivity index (χ3v) is 5.31. The number of methoxy groups -OCH3 is 1. The molecule has 0 radical (unpaired) electrons. The predicted octanol–water partition coefficient (Wildman–Crippen LogP) is 5.18. The largest absolute Gasteiger partial charge is 0.385 e. The Bertz CT molecular complexity index is 934. The Kier molecular flexibility index (Phi) is 7.50. The van der Waals surface area contributed by atoms with Crippen LogP contribution in [0.15, 0.2) is 66.9 Å². The van der Waals surface area contributed by atoms with E-state index in [9.17, 15) is 4.79 Å². The van der Waals surface area contributed by atoms with Crippen LogP contribution < -0.4 is 0 Å². The zero-order valence-electron chi connectivity index (χ0n) is 17.0. The number of hydrogen-bond acceptors (Lipinski definition) is 2. The van der Waals surface area contributed by atoms with Gasteiger partial charge in [0.25, 0.3) is 5.91 Å². The maximum absolute atomic E-state index is 13.2. The van der Waals surface area contributed by atoms with Crippen molar-refractivity contribution in [2.24, 2.45) is 0 Å². The number of carbonyl (C=O) groups excluding carboxylic acids is 1. The van der Waals surface area contributed by atoms with Crippen molar-refractivity contribution in [3.8, 4) is 0 Å². The van der Waals surface area contributed by atoms with Crippen molar-refractivity contribution in [3.05, 3.63) is 94.3 Å². The van der Waals surface area contributed by atoms with Crippen molar-refractivity contribution < 1.29 is 9.53 Å². The van der Waals surface area contributed by atoms with E-state index in [-0.39, 0.29) is 5.91 Å². The van der Waals surface area contributed by atoms with E-state index in [0.717, 1.165) is 28.3 Å². The number of benzene rings is 2. The molecular formula is C24H27ClN2O2. The van der Waals surface area contributed by atoms with E-state index in [2.05, 4.69) is 10.6 Å². The van der Waals surface area contributed by atoms with Crippen LogP contribution in [0.4, 0.5) is 0 Å². The maximum atomic E-state index is 13.2. The SMILES string of the molecule is COCCCN(Cc1cccn1Cc1ccccc1Cl)C(=O)c1ccc(C)cc1. The first-order valence-electron chi connectivity index (χ1n) is 9.81. The summed E-state index contributed by atoms with van der Waals surface area (Å²) in [6.07, 6.45) is 2.82. The first kappa shape index (κ1) is 21.2. The molecule has 4 nitrogen and oxygen atoms in total. The van der Waals surface area contributed by atoms with E-state index in [4.69, 9.17) is 16.3 Å². The van der Waals surface area contributed by atoms with E-state index < -0.39 is 0 Å². The lowest BCUT2D eigenvalue weighted by Gasteiger charge is -2.24. The van der Waals surface area contributed by atoms with Gasteiger partial charge in [0.05, 0.1) is 6.54 Å². The minimum Gasteiger partial charge on any atom is -0.385 e. The minimum atomic E-state index is 0.0339. The maximum Gasteiger partial charge on any atom is 0.254 e. The van der Waals surface area contributed by atoms with Gasteiger partial charge in [0, 0.05) is 49.3 Å². The fraction of sp³-hybridized carbons (Fsp3) is 0.292. The van der Waals surface area contributed by atoms with Gasteiger partial charge in [-0.25, -0.2) is 0 Å². The van der Waals surface area contributed by atoms with E-state index in [0.29, 0.717) is 31.8 Å². The van der Waals surface area contributed by atoms with Crippen molar-refractivity contribution in [3.63, 3.8) is 0 Å². The molecule has 1 heterocycles. The molecule has 0 atom stereocenters. The summed E-state index contributed by atoms with van der Waals surface area (Å²) in [6.45, 7) is 4.49. The van der Waals surface area contributed by atoms with Gasteiger partial charge in [0.15, 0.2) is 0 Å². The zero-order valence-corrected chi connectivity index (χ0v) is 17.7. The molecule has 0 N–H and O–H groups in total. The molecule has 0 aliphatic heterocycles. The van der Waals surface area contributed by atoms with Gasteiger partial charge < -0.3 is 14.2 Å². The lowest BCUT2D eigenvalue weighted by atomic mass is 10.1. The van der Waals surface area contributed by atoms with Crippen LogP contribution in [0.5, 0.6) is 0 Å². The average molecular weight is 411 g/mol. The third-order valence-electron chi connectivity index (χ3n) is 4.94. The molecule has 0 saturated heterocycles. The van der Waals surface area contributed by atoms with Gasteiger partial charge >= 0.3 is 0 Å². The summed E-state index contributed by atoms with van der Waals surface area (Å²) in [5.74, 6) is 0.0339. The van der Waals surface area contributed by atoms with Crippen molar-refractivity contribution in [2.75, 3.05) is 20.3 Å². The van der Waals surface area contributed by atoms with Gasteiger partial charge in [-0.2, -0.15) is 0 Å². The van der Waals surface area contributed by atoms with Crippen molar-refractivity contribution in [1.82, 2.24) is 9.47 Å². The smallest absolute Gasteiger partial charge is 0.254 e. The van der Waals surface area contributed by atoms with Crippen LogP contribution in [0.3, 0.4) is 0 Å². The molecule has 0 aliphatic rings. The zero-order chi connectivity index (χ0) is 20.6. The number of amides is 1. The normalized spacial score (nSPS) is 10.9. The minimum absolute atomic E-state index is 0.0339. The summed E-state index contributed by atoms with van der Waals surface area (Å²) < 4.78 is 7.33. The summed E-state index contributed by atoms with van der Waals surface area (Å²) in [7, 11) is 1.68. The summed E-state index contributed by atoms with van der Waals surface area (Å²) in [5.41, 5.74) is 3.98. The Hall–Kier alpha value is -2.56. The molecule has 1 amide bonds. The number of aromatic nitrogens is 1. The molecule has 0 aliphatic carbocycles. The predicted molar refractivity (Wildman–Crippen MR) is 117 cm³/mol. The molecule has 0 bridgehead atoms. The van der Waals surface area contributed by atoms with Crippen LogP contribution in [0, 0.1) is 6.92 Å². The quantitative estimate of drug-likeness (QED) is 0.455. The Labute approximate surface area is 177 Å². The Morgan fingerprint density at radius 3 is 2.55 bits per heavy atom. The van der Waals surface area contributed by atoms with Gasteiger partial charge in [0.2, 0.25) is 0 Å². The molecule has 1 aromatic heterocycles. The molecule has 0 spiro atoms. The first-order chi connectivity index (χ1) is 14.1. The third kappa shape index (κ3) is 5.72. The fourth-order valence-electron chi connectivity index (χ4n) is 3.28. The Morgan fingerprint density at radius 1 is 1.07 bits per heavy atom. The molecule has 3 rings (SSSR count). The Morgan fingerprint density at radius 2 is 1.83 bits per heavy atom. The number of rotatable bonds is 9. The number of aryl methyl sites for hydroxylation is 1. The second-order valence-electron chi connectivity index (χ2n) is 7.16. The molecule has 2 aromatic carbocycles. The topological polar surface area (TPSA) is 34.5 Å². The Balaban J connectivity index is 1.79. The molecule has 0 unspecified atom stereocenters. The van der Waals surface area contributed by atoms with E-state index in [1.165, 1.54) is 0 Å². The molecule has 0 fully saturated rings. The highest BCUT2D eigenvalue weighted by atomic mass is 35.5. The van der Waals surface area contributed by atoms with Crippen LogP contribution in [0.2, 0.25) is 5.02 Å². The van der Waals surface area contributed by atoms with Gasteiger partial charge in [-0.1, -0.05) is 47.5 Å². The van der Waals surface area contributed by atoms with Crippen LogP contribution in [-0.4, -0.2) is 35.6 Å². The number of nitrogens with zero attached hydrogens (tertiary/aromatic N) is 2. The summed E-state index contributed by atoms with van der Waals surface area (Å²) in [4.78, 5) is 15.0. The number of halogens is 1. The van der Waals surface area contributed by atoms with E-state index >= 15 is 0 Å². The lowest BCUT2D eigenvalue weighted by Crippen LogP contribution is -2.33. The van der Waals surface area contributed by atoms with Crippen molar-refractivity contribution in [2.45, 2.75) is 26.4 Å².